The van der Waals surface area contributed by atoms with Gasteiger partial charge in [-0.15, -0.1) is 0 Å². The first kappa shape index (κ1) is 66.7. The van der Waals surface area contributed by atoms with Crippen LogP contribution >= 0.6 is 0 Å². The van der Waals surface area contributed by atoms with Gasteiger partial charge in [-0.05, 0) is 212 Å². The number of fused-ring (bicyclic) bond motifs is 1. The Labute approximate surface area is 481 Å². The molecule has 0 bridgehead atoms. The van der Waals surface area contributed by atoms with Crippen LogP contribution in [0.25, 0.3) is 0 Å². The van der Waals surface area contributed by atoms with Crippen molar-refractivity contribution < 1.29 is 40.9 Å². The second-order valence-corrected chi connectivity index (χ2v) is 27.6. The minimum atomic E-state index is -0.283. The van der Waals surface area contributed by atoms with Gasteiger partial charge >= 0.3 is 0 Å². The molecule has 0 aromatic heterocycles. The van der Waals surface area contributed by atoms with E-state index in [1.807, 2.05) is 18.2 Å². The molecule has 0 spiro atoms. The van der Waals surface area contributed by atoms with Gasteiger partial charge in [0, 0.05) is 13.2 Å². The number of aliphatic hydroxyl groups excluding tert-OH is 5. The molecular formula is C71H116O8. The number of hydrogen-bond donors (Lipinski definition) is 8. The third-order valence-electron chi connectivity index (χ3n) is 20.0. The van der Waals surface area contributed by atoms with Gasteiger partial charge in [-0.1, -0.05) is 182 Å². The number of phenols is 3. The van der Waals surface area contributed by atoms with Crippen LogP contribution in [0.15, 0.2) is 54.6 Å². The van der Waals surface area contributed by atoms with E-state index in [4.69, 9.17) is 0 Å². The third kappa shape index (κ3) is 20.0. The zero-order valence-corrected chi connectivity index (χ0v) is 51.5. The first-order valence-electron chi connectivity index (χ1n) is 32.4. The number of phenolic OH excluding ortho intramolecular Hbond substituents is 3. The highest BCUT2D eigenvalue weighted by atomic mass is 16.3. The Morgan fingerprint density at radius 3 is 1.37 bits per heavy atom. The summed E-state index contributed by atoms with van der Waals surface area (Å²) >= 11 is 0. The molecule has 7 rings (SSSR count). The van der Waals surface area contributed by atoms with Crippen molar-refractivity contribution in [3.8, 4) is 17.2 Å². The van der Waals surface area contributed by atoms with Crippen LogP contribution in [-0.4, -0.2) is 72.4 Å². The van der Waals surface area contributed by atoms with Crippen molar-refractivity contribution in [2.75, 3.05) is 13.2 Å². The van der Waals surface area contributed by atoms with Crippen molar-refractivity contribution in [3.05, 3.63) is 88.0 Å². The number of hydrogen-bond acceptors (Lipinski definition) is 8. The summed E-state index contributed by atoms with van der Waals surface area (Å²) in [4.78, 5) is 0. The van der Waals surface area contributed by atoms with E-state index in [0.29, 0.717) is 53.3 Å². The molecule has 0 aliphatic heterocycles. The minimum absolute atomic E-state index is 0.0607. The number of rotatable bonds is 25. The fourth-order valence-electron chi connectivity index (χ4n) is 14.6. The first-order valence-corrected chi connectivity index (χ1v) is 32.4. The lowest BCUT2D eigenvalue weighted by molar-refractivity contribution is 0.00985. The molecule has 4 aliphatic carbocycles. The summed E-state index contributed by atoms with van der Waals surface area (Å²) < 4.78 is 0. The molecule has 0 unspecified atom stereocenters. The predicted molar refractivity (Wildman–Crippen MR) is 329 cm³/mol. The molecule has 448 valence electrons. The molecule has 3 aromatic carbocycles. The zero-order valence-electron chi connectivity index (χ0n) is 51.5. The second kappa shape index (κ2) is 32.6. The average molecular weight is 1100 g/mol. The van der Waals surface area contributed by atoms with Crippen molar-refractivity contribution in [1.29, 1.82) is 0 Å². The fraction of sp³-hybridized carbons (Fsp3) is 0.746. The van der Waals surface area contributed by atoms with Crippen LogP contribution in [0.3, 0.4) is 0 Å². The highest BCUT2D eigenvalue weighted by Crippen LogP contribution is 2.52. The molecule has 3 aromatic rings. The average Bonchev–Trinajstić information content (AvgIpc) is 3.48. The Morgan fingerprint density at radius 1 is 0.443 bits per heavy atom. The van der Waals surface area contributed by atoms with Gasteiger partial charge < -0.3 is 40.9 Å². The summed E-state index contributed by atoms with van der Waals surface area (Å²) in [5.41, 5.74) is 6.86. The van der Waals surface area contributed by atoms with Gasteiger partial charge in [0.2, 0.25) is 0 Å². The molecule has 4 aliphatic rings. The van der Waals surface area contributed by atoms with Crippen molar-refractivity contribution in [2.45, 2.75) is 301 Å². The summed E-state index contributed by atoms with van der Waals surface area (Å²) in [7, 11) is 0. The zero-order chi connectivity index (χ0) is 57.8. The Bertz CT molecular complexity index is 2190. The smallest absolute Gasteiger partial charge is 0.119 e. The number of aromatic hydroxyl groups is 3. The normalized spacial score (nSPS) is 25.6. The van der Waals surface area contributed by atoms with Crippen LogP contribution in [0.2, 0.25) is 0 Å². The first-order chi connectivity index (χ1) is 37.7. The van der Waals surface area contributed by atoms with E-state index >= 15 is 0 Å². The van der Waals surface area contributed by atoms with E-state index in [2.05, 4.69) is 98.7 Å². The van der Waals surface area contributed by atoms with Crippen LogP contribution in [0.1, 0.15) is 300 Å². The summed E-state index contributed by atoms with van der Waals surface area (Å²) in [6, 6.07) is 18.8. The van der Waals surface area contributed by atoms with E-state index in [1.54, 1.807) is 0 Å². The van der Waals surface area contributed by atoms with Crippen LogP contribution in [0.4, 0.5) is 0 Å². The summed E-state index contributed by atoms with van der Waals surface area (Å²) in [6.07, 6.45) is 30.7. The molecule has 4 fully saturated rings. The van der Waals surface area contributed by atoms with Gasteiger partial charge in [0.05, 0.1) is 18.3 Å². The second-order valence-electron chi connectivity index (χ2n) is 27.6. The molecule has 8 heteroatoms. The Kier molecular flexibility index (Phi) is 27.5. The molecule has 0 saturated heterocycles. The monoisotopic (exact) mass is 1100 g/mol. The lowest BCUT2D eigenvalue weighted by atomic mass is 9.60. The quantitative estimate of drug-likeness (QED) is 0.0389. The van der Waals surface area contributed by atoms with E-state index in [1.165, 1.54) is 93.7 Å². The molecule has 4 saturated carbocycles. The summed E-state index contributed by atoms with van der Waals surface area (Å²) in [6.45, 7) is 20.8. The van der Waals surface area contributed by atoms with Crippen LogP contribution < -0.4 is 0 Å². The van der Waals surface area contributed by atoms with E-state index < -0.39 is 0 Å². The van der Waals surface area contributed by atoms with Crippen molar-refractivity contribution in [2.24, 2.45) is 23.7 Å². The molecule has 0 radical (unpaired) electrons. The van der Waals surface area contributed by atoms with Crippen LogP contribution in [0, 0.1) is 23.7 Å². The maximum atomic E-state index is 11.0. The van der Waals surface area contributed by atoms with E-state index in [0.717, 1.165) is 119 Å². The lowest BCUT2D eigenvalue weighted by Gasteiger charge is -2.46. The topological polar surface area (TPSA) is 162 Å². The molecule has 79 heavy (non-hydrogen) atoms. The Hall–Kier alpha value is -3.14. The van der Waals surface area contributed by atoms with Gasteiger partial charge in [0.25, 0.3) is 0 Å². The fourth-order valence-corrected chi connectivity index (χ4v) is 14.6. The van der Waals surface area contributed by atoms with Gasteiger partial charge in [-0.3, -0.25) is 0 Å². The molecule has 10 atom stereocenters. The van der Waals surface area contributed by atoms with E-state index in [9.17, 15) is 40.9 Å². The maximum absolute atomic E-state index is 11.0. The maximum Gasteiger partial charge on any atom is 0.119 e. The summed E-state index contributed by atoms with van der Waals surface area (Å²) in [5.74, 6) is 3.65. The highest BCUT2D eigenvalue weighted by Gasteiger charge is 2.42. The lowest BCUT2D eigenvalue weighted by Crippen LogP contribution is -2.38. The van der Waals surface area contributed by atoms with Crippen LogP contribution in [0.5, 0.6) is 17.2 Å². The Morgan fingerprint density at radius 2 is 0.911 bits per heavy atom. The largest absolute Gasteiger partial charge is 0.508 e. The van der Waals surface area contributed by atoms with Crippen molar-refractivity contribution in [3.63, 3.8) is 0 Å². The molecule has 0 heterocycles. The number of unbranched alkanes of at least 4 members (excludes halogenated alkanes) is 9. The number of aliphatic hydroxyl groups is 5. The number of benzene rings is 3. The molecular weight excluding hydrogens is 981 g/mol. The van der Waals surface area contributed by atoms with Crippen molar-refractivity contribution in [1.82, 2.24) is 0 Å². The van der Waals surface area contributed by atoms with Crippen molar-refractivity contribution >= 4 is 0 Å². The molecule has 8 N–H and O–H groups in total. The van der Waals surface area contributed by atoms with Gasteiger partial charge in [-0.2, -0.15) is 0 Å². The van der Waals surface area contributed by atoms with E-state index in [-0.39, 0.29) is 59.6 Å². The standard InChI is InChI=1S/C26H42O3.C24H40O3.C21H34O2/c1-4-5-6-7-12-26(2,3)20-10-11-22(25(29)15-20)24-16-21(28)14-19-9-8-18(17-27)13-23(19)24;1-4-5-6-7-14-24(2,3)19-11-13-21(23(27)16-19)22-17-20(26)12-10-18(22)9-8-15-25;1-4-5-6-7-13-21(2,3)17-11-12-19(20(23)15-17)16-9-8-10-18(22)14-16/h10-11,15,18-19,21,23-24,27-29H,4-9,12-14,16-17H2,1-3H3;11,13,16,18,20,22,25-27H,4-10,12,14-15,17H2,1-3H3;11-12,15-16,18,22-23H,4-10,13-14H2,1-3H3/t18-,19-,21+,23+,24-;18-,20-,22-;16-,18+/m010/s1. The third-order valence-corrected chi connectivity index (χ3v) is 20.0. The van der Waals surface area contributed by atoms with Gasteiger partial charge in [-0.25, -0.2) is 0 Å². The molecule has 0 amide bonds. The van der Waals surface area contributed by atoms with Gasteiger partial charge in [0.15, 0.2) is 0 Å². The van der Waals surface area contributed by atoms with Crippen LogP contribution in [-0.2, 0) is 16.2 Å². The minimum Gasteiger partial charge on any atom is -0.508 e. The highest BCUT2D eigenvalue weighted by molar-refractivity contribution is 5.44. The SMILES string of the molecule is CCCCCCC(C)(C)c1ccc([C@@H]2C[C@H](O)CC[C@H]2CCCO)c(O)c1.CCCCCCC(C)(C)c1ccc([C@@H]2C[C@H](O)C[C@@H]3CC[C@H](CO)C[C@H]32)c(O)c1.CCCCCCC(C)(C)c1ccc([C@H]2CCC[C@@H](O)C2)c(O)c1. The Balaban J connectivity index is 0.000000220. The summed E-state index contributed by atoms with van der Waals surface area (Å²) in [5, 5.41) is 81.7. The van der Waals surface area contributed by atoms with Gasteiger partial charge in [0.1, 0.15) is 17.2 Å². The molecule has 8 nitrogen and oxygen atoms in total. The predicted octanol–water partition coefficient (Wildman–Crippen LogP) is 17.2.